The minimum atomic E-state index is 0.0833. The van der Waals surface area contributed by atoms with E-state index in [9.17, 15) is 0 Å². The first-order chi connectivity index (χ1) is 7.83. The summed E-state index contributed by atoms with van der Waals surface area (Å²) in [6.07, 6.45) is 9.63. The fourth-order valence-electron chi connectivity index (χ4n) is 3.07. The van der Waals surface area contributed by atoms with Crippen LogP contribution in [0.15, 0.2) is 12.7 Å². The molecule has 0 aliphatic carbocycles. The third kappa shape index (κ3) is 3.34. The zero-order chi connectivity index (χ0) is 13.1. The molecule has 0 aromatic rings. The molecule has 1 heterocycles. The number of nitrogens with zero attached hydrogens (tertiary/aromatic N) is 1. The van der Waals surface area contributed by atoms with Crippen LogP contribution >= 0.6 is 0 Å². The Labute approximate surface area is 106 Å². The van der Waals surface area contributed by atoms with Crippen molar-refractivity contribution in [3.63, 3.8) is 0 Å². The van der Waals surface area contributed by atoms with Crippen molar-refractivity contribution in [1.29, 1.82) is 0 Å². The average Bonchev–Trinajstić information content (AvgIpc) is 2.19. The fourth-order valence-corrected chi connectivity index (χ4v) is 3.07. The molecule has 1 saturated heterocycles. The Bertz CT molecular complexity index is 293. The van der Waals surface area contributed by atoms with Gasteiger partial charge in [-0.1, -0.05) is 12.0 Å². The van der Waals surface area contributed by atoms with Crippen LogP contribution in [0, 0.1) is 12.3 Å². The van der Waals surface area contributed by atoms with Gasteiger partial charge in [0.05, 0.1) is 19.3 Å². The maximum absolute atomic E-state index is 5.83. The van der Waals surface area contributed by atoms with Gasteiger partial charge in [0, 0.05) is 11.1 Å². The summed E-state index contributed by atoms with van der Waals surface area (Å²) in [7, 11) is 0. The topological polar surface area (TPSA) is 12.5 Å². The van der Waals surface area contributed by atoms with Crippen LogP contribution in [0.1, 0.15) is 40.5 Å². The molecule has 1 aliphatic heterocycles. The number of ether oxygens (including phenoxy) is 1. The van der Waals surface area contributed by atoms with E-state index in [1.54, 1.807) is 0 Å². The summed E-state index contributed by atoms with van der Waals surface area (Å²) in [5.41, 5.74) is 0.167. The van der Waals surface area contributed by atoms with Gasteiger partial charge in [0.1, 0.15) is 0 Å². The normalized spacial score (nSPS) is 24.2. The summed E-state index contributed by atoms with van der Waals surface area (Å²) in [6, 6.07) is 0. The highest BCUT2D eigenvalue weighted by molar-refractivity contribution is 5.05. The largest absolute Gasteiger partial charge is 0.374 e. The van der Waals surface area contributed by atoms with Crippen molar-refractivity contribution in [1.82, 2.24) is 4.90 Å². The first-order valence-corrected chi connectivity index (χ1v) is 6.27. The molecule has 0 bridgehead atoms. The number of hydrogen-bond donors (Lipinski definition) is 0. The third-order valence-electron chi connectivity index (χ3n) is 3.61. The average molecular weight is 235 g/mol. The summed E-state index contributed by atoms with van der Waals surface area (Å²) >= 11 is 0. The molecule has 1 fully saturated rings. The molecule has 17 heavy (non-hydrogen) atoms. The lowest BCUT2D eigenvalue weighted by Crippen LogP contribution is -2.62. The summed E-state index contributed by atoms with van der Waals surface area (Å²) in [5.74, 6) is 2.78. The van der Waals surface area contributed by atoms with Crippen LogP contribution in [0.4, 0.5) is 0 Å². The van der Waals surface area contributed by atoms with Crippen molar-refractivity contribution in [3.8, 4) is 12.3 Å². The molecular formula is C15H25NO. The van der Waals surface area contributed by atoms with E-state index in [1.807, 2.05) is 6.08 Å². The minimum Gasteiger partial charge on any atom is -0.374 e. The Kier molecular flexibility index (Phi) is 4.41. The lowest BCUT2D eigenvalue weighted by molar-refractivity contribution is -0.0923. The Morgan fingerprint density at radius 1 is 1.35 bits per heavy atom. The first kappa shape index (κ1) is 14.3. The maximum atomic E-state index is 5.83. The van der Waals surface area contributed by atoms with Crippen LogP contribution in [-0.2, 0) is 4.74 Å². The van der Waals surface area contributed by atoms with Crippen molar-refractivity contribution in [3.05, 3.63) is 12.7 Å². The van der Waals surface area contributed by atoms with Crippen LogP contribution in [0.2, 0.25) is 0 Å². The molecule has 0 atom stereocenters. The standard InChI is InChI=1S/C15H25NO/c1-7-9-16-14(3,4)11-13(17-10-8-2)12-15(16,5)6/h1,8,13H,2,9-12H2,3-6H3. The summed E-state index contributed by atoms with van der Waals surface area (Å²) in [4.78, 5) is 2.41. The number of likely N-dealkylation sites (tertiary alicyclic amines) is 1. The van der Waals surface area contributed by atoms with Gasteiger partial charge in [-0.2, -0.15) is 0 Å². The second kappa shape index (κ2) is 5.25. The molecule has 0 N–H and O–H groups in total. The lowest BCUT2D eigenvalue weighted by Gasteiger charge is -2.54. The molecule has 2 heteroatoms. The second-order valence-electron chi connectivity index (χ2n) is 6.07. The predicted octanol–water partition coefficient (Wildman–Crippen LogP) is 2.84. The molecule has 96 valence electrons. The number of piperidine rings is 1. The van der Waals surface area contributed by atoms with Crippen molar-refractivity contribution < 1.29 is 4.74 Å². The molecule has 2 nitrogen and oxygen atoms in total. The van der Waals surface area contributed by atoms with E-state index in [1.165, 1.54) is 0 Å². The Hall–Kier alpha value is -0.780. The van der Waals surface area contributed by atoms with Gasteiger partial charge in [-0.3, -0.25) is 4.90 Å². The highest BCUT2D eigenvalue weighted by atomic mass is 16.5. The van der Waals surface area contributed by atoms with Gasteiger partial charge in [0.2, 0.25) is 0 Å². The fraction of sp³-hybridized carbons (Fsp3) is 0.733. The van der Waals surface area contributed by atoms with Gasteiger partial charge in [-0.05, 0) is 40.5 Å². The van der Waals surface area contributed by atoms with Crippen molar-refractivity contribution in [2.75, 3.05) is 13.2 Å². The van der Waals surface area contributed by atoms with Gasteiger partial charge >= 0.3 is 0 Å². The molecule has 0 saturated carbocycles. The quantitative estimate of drug-likeness (QED) is 0.549. The molecule has 0 radical (unpaired) electrons. The second-order valence-corrected chi connectivity index (χ2v) is 6.07. The maximum Gasteiger partial charge on any atom is 0.0648 e. The summed E-state index contributed by atoms with van der Waals surface area (Å²) in [6.45, 7) is 14.0. The van der Waals surface area contributed by atoms with E-state index in [4.69, 9.17) is 11.2 Å². The van der Waals surface area contributed by atoms with E-state index in [-0.39, 0.29) is 11.1 Å². The zero-order valence-electron chi connectivity index (χ0n) is 11.6. The van der Waals surface area contributed by atoms with Crippen LogP contribution in [0.5, 0.6) is 0 Å². The van der Waals surface area contributed by atoms with E-state index >= 15 is 0 Å². The van der Waals surface area contributed by atoms with E-state index in [0.717, 1.165) is 12.8 Å². The highest BCUT2D eigenvalue weighted by Gasteiger charge is 2.45. The number of hydrogen-bond acceptors (Lipinski definition) is 2. The Morgan fingerprint density at radius 2 is 1.88 bits per heavy atom. The van der Waals surface area contributed by atoms with E-state index in [0.29, 0.717) is 19.3 Å². The predicted molar refractivity (Wildman–Crippen MR) is 72.9 cm³/mol. The van der Waals surface area contributed by atoms with Crippen molar-refractivity contribution in [2.24, 2.45) is 0 Å². The minimum absolute atomic E-state index is 0.0833. The van der Waals surface area contributed by atoms with Crippen LogP contribution in [0.25, 0.3) is 0 Å². The third-order valence-corrected chi connectivity index (χ3v) is 3.61. The van der Waals surface area contributed by atoms with E-state index in [2.05, 4.69) is 45.1 Å². The van der Waals surface area contributed by atoms with Gasteiger partial charge in [-0.25, -0.2) is 0 Å². The zero-order valence-corrected chi connectivity index (χ0v) is 11.6. The number of rotatable bonds is 4. The monoisotopic (exact) mass is 235 g/mol. The lowest BCUT2D eigenvalue weighted by atomic mass is 9.78. The molecule has 0 unspecified atom stereocenters. The van der Waals surface area contributed by atoms with Crippen LogP contribution in [0.3, 0.4) is 0 Å². The summed E-state index contributed by atoms with van der Waals surface area (Å²) < 4.78 is 5.83. The Balaban J connectivity index is 2.81. The molecule has 0 aromatic carbocycles. The first-order valence-electron chi connectivity index (χ1n) is 6.27. The van der Waals surface area contributed by atoms with Gasteiger partial charge < -0.3 is 4.74 Å². The van der Waals surface area contributed by atoms with Crippen LogP contribution < -0.4 is 0 Å². The smallest absolute Gasteiger partial charge is 0.0648 e. The summed E-state index contributed by atoms with van der Waals surface area (Å²) in [5, 5.41) is 0. The van der Waals surface area contributed by atoms with Gasteiger partial charge in [-0.15, -0.1) is 13.0 Å². The molecule has 1 rings (SSSR count). The molecule has 0 aromatic heterocycles. The molecule has 0 amide bonds. The van der Waals surface area contributed by atoms with Gasteiger partial charge in [0.15, 0.2) is 0 Å². The molecular weight excluding hydrogens is 210 g/mol. The van der Waals surface area contributed by atoms with Crippen molar-refractivity contribution in [2.45, 2.75) is 57.7 Å². The van der Waals surface area contributed by atoms with E-state index < -0.39 is 0 Å². The van der Waals surface area contributed by atoms with Gasteiger partial charge in [0.25, 0.3) is 0 Å². The molecule has 0 spiro atoms. The van der Waals surface area contributed by atoms with Crippen molar-refractivity contribution >= 4 is 0 Å². The Morgan fingerprint density at radius 3 is 2.29 bits per heavy atom. The number of terminal acetylenes is 1. The molecule has 1 aliphatic rings. The SMILES string of the molecule is C#CCN1C(C)(C)CC(OCC=C)CC1(C)C. The van der Waals surface area contributed by atoms with Crippen LogP contribution in [-0.4, -0.2) is 35.2 Å². The highest BCUT2D eigenvalue weighted by Crippen LogP contribution is 2.39.